The highest BCUT2D eigenvalue weighted by Gasteiger charge is 2.11. The summed E-state index contributed by atoms with van der Waals surface area (Å²) < 4.78 is 26.8. The van der Waals surface area contributed by atoms with Crippen molar-refractivity contribution >= 4 is 28.3 Å². The van der Waals surface area contributed by atoms with Crippen LogP contribution in [0.25, 0.3) is 22.0 Å². The van der Waals surface area contributed by atoms with Gasteiger partial charge in [-0.1, -0.05) is 24.3 Å². The van der Waals surface area contributed by atoms with Gasteiger partial charge in [-0.3, -0.25) is 4.98 Å². The minimum atomic E-state index is -0.840. The maximum Gasteiger partial charge on any atom is 0.323 e. The molecule has 0 spiro atoms. The van der Waals surface area contributed by atoms with Crippen molar-refractivity contribution < 1.29 is 13.6 Å². The third kappa shape index (κ3) is 3.91. The van der Waals surface area contributed by atoms with Gasteiger partial charge in [0.1, 0.15) is 11.6 Å². The largest absolute Gasteiger partial charge is 0.323 e. The van der Waals surface area contributed by atoms with Gasteiger partial charge in [0.2, 0.25) is 0 Å². The number of rotatable bonds is 3. The predicted octanol–water partition coefficient (Wildman–Crippen LogP) is 6.13. The number of benzene rings is 3. The van der Waals surface area contributed by atoms with Crippen molar-refractivity contribution in [2.45, 2.75) is 6.92 Å². The van der Waals surface area contributed by atoms with Crippen LogP contribution in [0.1, 0.15) is 5.56 Å². The summed E-state index contributed by atoms with van der Waals surface area (Å²) in [5, 5.41) is 6.09. The van der Waals surface area contributed by atoms with E-state index in [0.717, 1.165) is 33.7 Å². The second-order valence-electron chi connectivity index (χ2n) is 6.61. The van der Waals surface area contributed by atoms with Crippen LogP contribution in [0.4, 0.5) is 25.0 Å². The Morgan fingerprint density at radius 1 is 0.897 bits per heavy atom. The van der Waals surface area contributed by atoms with E-state index in [4.69, 9.17) is 0 Å². The Morgan fingerprint density at radius 3 is 2.55 bits per heavy atom. The number of hydrogen-bond acceptors (Lipinski definition) is 2. The summed E-state index contributed by atoms with van der Waals surface area (Å²) in [7, 11) is 0. The summed E-state index contributed by atoms with van der Waals surface area (Å²) >= 11 is 0. The number of pyridine rings is 1. The Morgan fingerprint density at radius 2 is 1.72 bits per heavy atom. The van der Waals surface area contributed by atoms with Crippen molar-refractivity contribution in [3.63, 3.8) is 0 Å². The van der Waals surface area contributed by atoms with Crippen LogP contribution >= 0.6 is 0 Å². The van der Waals surface area contributed by atoms with Crippen molar-refractivity contribution in [1.29, 1.82) is 0 Å². The van der Waals surface area contributed by atoms with Crippen molar-refractivity contribution in [1.82, 2.24) is 4.98 Å². The second kappa shape index (κ2) is 7.67. The first kappa shape index (κ1) is 18.6. The Kier molecular flexibility index (Phi) is 4.91. The van der Waals surface area contributed by atoms with E-state index in [0.29, 0.717) is 11.8 Å². The number of halogens is 2. The monoisotopic (exact) mass is 389 g/mol. The number of aryl methyl sites for hydroxylation is 1. The van der Waals surface area contributed by atoms with Crippen molar-refractivity contribution in [3.8, 4) is 11.1 Å². The van der Waals surface area contributed by atoms with Crippen LogP contribution in [0, 0.1) is 18.6 Å². The lowest BCUT2D eigenvalue weighted by atomic mass is 9.97. The number of amides is 2. The van der Waals surface area contributed by atoms with E-state index < -0.39 is 17.7 Å². The molecule has 4 rings (SSSR count). The highest BCUT2D eigenvalue weighted by molar-refractivity contribution is 6.01. The number of urea groups is 1. The number of carbonyl (C=O) groups is 1. The lowest BCUT2D eigenvalue weighted by molar-refractivity contribution is 0.262. The molecular weight excluding hydrogens is 372 g/mol. The fourth-order valence-corrected chi connectivity index (χ4v) is 3.20. The zero-order chi connectivity index (χ0) is 20.4. The van der Waals surface area contributed by atoms with E-state index in [1.54, 1.807) is 12.3 Å². The smallest absolute Gasteiger partial charge is 0.308 e. The molecule has 0 aliphatic carbocycles. The van der Waals surface area contributed by atoms with Gasteiger partial charge < -0.3 is 10.6 Å². The third-order valence-corrected chi connectivity index (χ3v) is 4.61. The second-order valence-corrected chi connectivity index (χ2v) is 6.61. The molecule has 2 amide bonds. The van der Waals surface area contributed by atoms with Crippen LogP contribution in [0.3, 0.4) is 0 Å². The molecule has 0 aliphatic heterocycles. The number of fused-ring (bicyclic) bond motifs is 1. The van der Waals surface area contributed by atoms with E-state index in [2.05, 4.69) is 15.6 Å². The molecule has 0 fully saturated rings. The molecule has 1 aromatic heterocycles. The van der Waals surface area contributed by atoms with Crippen molar-refractivity contribution in [2.24, 2.45) is 0 Å². The molecule has 0 saturated carbocycles. The van der Waals surface area contributed by atoms with Crippen LogP contribution in [0.5, 0.6) is 0 Å². The Hall–Kier alpha value is -3.80. The molecule has 4 aromatic rings. The first-order valence-electron chi connectivity index (χ1n) is 8.99. The van der Waals surface area contributed by atoms with Crippen LogP contribution in [-0.4, -0.2) is 11.0 Å². The standard InChI is InChI=1S/C23H17F2N3O/c1-14-6-8-16(27-23(29)28-22-9-7-15(24)12-20(22)25)13-19(14)17-10-11-26-21-5-3-2-4-18(17)21/h2-13H,1H3,(H2,27,28,29). The van der Waals surface area contributed by atoms with Crippen LogP contribution in [0.15, 0.2) is 72.9 Å². The van der Waals surface area contributed by atoms with Crippen LogP contribution in [-0.2, 0) is 0 Å². The molecular formula is C23H17F2N3O. The quantitative estimate of drug-likeness (QED) is 0.443. The predicted molar refractivity (Wildman–Crippen MR) is 111 cm³/mol. The van der Waals surface area contributed by atoms with Crippen LogP contribution in [0.2, 0.25) is 0 Å². The number of carbonyl (C=O) groups excluding carboxylic acids is 1. The lowest BCUT2D eigenvalue weighted by Crippen LogP contribution is -2.20. The summed E-state index contributed by atoms with van der Waals surface area (Å²) in [6, 6.07) is 17.6. The van der Waals surface area contributed by atoms with Gasteiger partial charge in [-0.25, -0.2) is 13.6 Å². The molecule has 0 bridgehead atoms. The van der Waals surface area contributed by atoms with Gasteiger partial charge in [0.05, 0.1) is 11.2 Å². The van der Waals surface area contributed by atoms with Gasteiger partial charge in [0.25, 0.3) is 0 Å². The Bertz CT molecular complexity index is 1220. The maximum atomic E-state index is 13.7. The summed E-state index contributed by atoms with van der Waals surface area (Å²) in [5.41, 5.74) is 4.32. The van der Waals surface area contributed by atoms with Gasteiger partial charge in [-0.2, -0.15) is 0 Å². The average Bonchev–Trinajstić information content (AvgIpc) is 2.71. The molecule has 6 heteroatoms. The lowest BCUT2D eigenvalue weighted by Gasteiger charge is -2.13. The van der Waals surface area contributed by atoms with E-state index in [9.17, 15) is 13.6 Å². The molecule has 2 N–H and O–H groups in total. The summed E-state index contributed by atoms with van der Waals surface area (Å²) in [6.07, 6.45) is 1.75. The molecule has 0 radical (unpaired) electrons. The highest BCUT2D eigenvalue weighted by Crippen LogP contribution is 2.31. The summed E-state index contributed by atoms with van der Waals surface area (Å²) in [4.78, 5) is 16.7. The topological polar surface area (TPSA) is 54.0 Å². The van der Waals surface area contributed by atoms with Gasteiger partial charge in [0, 0.05) is 23.3 Å². The zero-order valence-electron chi connectivity index (χ0n) is 15.5. The maximum absolute atomic E-state index is 13.7. The van der Waals surface area contributed by atoms with E-state index in [-0.39, 0.29) is 5.69 Å². The first-order valence-corrected chi connectivity index (χ1v) is 8.99. The Labute approximate surface area is 166 Å². The number of anilines is 2. The number of hydrogen-bond donors (Lipinski definition) is 2. The van der Waals surface area contributed by atoms with Crippen LogP contribution < -0.4 is 10.6 Å². The number of para-hydroxylation sites is 1. The molecule has 0 atom stereocenters. The third-order valence-electron chi connectivity index (χ3n) is 4.61. The molecule has 0 aliphatic rings. The summed E-state index contributed by atoms with van der Waals surface area (Å²) in [6.45, 7) is 1.99. The minimum Gasteiger partial charge on any atom is -0.308 e. The van der Waals surface area contributed by atoms with Gasteiger partial charge in [0.15, 0.2) is 0 Å². The van der Waals surface area contributed by atoms with Gasteiger partial charge in [-0.05, 0) is 60.0 Å². The zero-order valence-corrected chi connectivity index (χ0v) is 15.5. The van der Waals surface area contributed by atoms with Gasteiger partial charge in [-0.15, -0.1) is 0 Å². The van der Waals surface area contributed by atoms with E-state index in [1.807, 2.05) is 49.4 Å². The van der Waals surface area contributed by atoms with E-state index >= 15 is 0 Å². The Balaban J connectivity index is 1.62. The highest BCUT2D eigenvalue weighted by atomic mass is 19.1. The fraction of sp³-hybridized carbons (Fsp3) is 0.0435. The first-order chi connectivity index (χ1) is 14.0. The van der Waals surface area contributed by atoms with Crippen molar-refractivity contribution in [2.75, 3.05) is 10.6 Å². The number of aromatic nitrogens is 1. The molecule has 29 heavy (non-hydrogen) atoms. The number of nitrogens with one attached hydrogen (secondary N) is 2. The molecule has 1 heterocycles. The fourth-order valence-electron chi connectivity index (χ4n) is 3.20. The minimum absolute atomic E-state index is 0.101. The molecule has 3 aromatic carbocycles. The summed E-state index contributed by atoms with van der Waals surface area (Å²) in [5.74, 6) is -1.55. The molecule has 0 unspecified atom stereocenters. The average molecular weight is 389 g/mol. The molecule has 4 nitrogen and oxygen atoms in total. The molecule has 144 valence electrons. The normalized spacial score (nSPS) is 10.7. The van der Waals surface area contributed by atoms with E-state index in [1.165, 1.54) is 6.07 Å². The number of nitrogens with zero attached hydrogens (tertiary/aromatic N) is 1. The SMILES string of the molecule is Cc1ccc(NC(=O)Nc2ccc(F)cc2F)cc1-c1ccnc2ccccc12. The van der Waals surface area contributed by atoms with Crippen molar-refractivity contribution in [3.05, 3.63) is 90.1 Å². The van der Waals surface area contributed by atoms with Gasteiger partial charge >= 0.3 is 6.03 Å². The molecule has 0 saturated heterocycles.